The van der Waals surface area contributed by atoms with E-state index in [1.165, 1.54) is 0 Å². The lowest BCUT2D eigenvalue weighted by molar-refractivity contribution is 0.124. The molecule has 1 aromatic rings. The van der Waals surface area contributed by atoms with Crippen LogP contribution in [-0.4, -0.2) is 38.4 Å². The van der Waals surface area contributed by atoms with Crippen LogP contribution < -0.4 is 10.1 Å². The fraction of sp³-hybridized carbons (Fsp3) is 0.643. The fourth-order valence-electron chi connectivity index (χ4n) is 2.01. The van der Waals surface area contributed by atoms with Gasteiger partial charge in [-0.3, -0.25) is 4.98 Å². The van der Waals surface area contributed by atoms with Crippen molar-refractivity contribution in [2.45, 2.75) is 33.2 Å². The maximum atomic E-state index is 5.46. The second-order valence-corrected chi connectivity index (χ2v) is 4.40. The van der Waals surface area contributed by atoms with E-state index in [4.69, 9.17) is 9.47 Å². The molecule has 0 bridgehead atoms. The predicted molar refractivity (Wildman–Crippen MR) is 73.3 cm³/mol. The van der Waals surface area contributed by atoms with Crippen molar-refractivity contribution >= 4 is 0 Å². The monoisotopic (exact) mass is 252 g/mol. The summed E-state index contributed by atoms with van der Waals surface area (Å²) in [6.45, 7) is 7.51. The van der Waals surface area contributed by atoms with Gasteiger partial charge in [0.05, 0.1) is 13.7 Å². The highest BCUT2D eigenvalue weighted by atomic mass is 16.5. The van der Waals surface area contributed by atoms with Gasteiger partial charge in [-0.15, -0.1) is 0 Å². The summed E-state index contributed by atoms with van der Waals surface area (Å²) >= 11 is 0. The first kappa shape index (κ1) is 14.9. The first-order valence-electron chi connectivity index (χ1n) is 6.38. The van der Waals surface area contributed by atoms with E-state index in [1.807, 2.05) is 27.1 Å². The molecule has 0 aromatic carbocycles. The molecule has 1 N–H and O–H groups in total. The molecule has 102 valence electrons. The Morgan fingerprint density at radius 1 is 1.39 bits per heavy atom. The molecule has 1 heterocycles. The normalized spacial score (nSPS) is 12.5. The molecule has 0 aliphatic rings. The summed E-state index contributed by atoms with van der Waals surface area (Å²) in [5, 5.41) is 3.26. The third-order valence-electron chi connectivity index (χ3n) is 3.12. The average Bonchev–Trinajstić information content (AvgIpc) is 2.37. The molecule has 1 aromatic heterocycles. The molecule has 0 radical (unpaired) electrons. The van der Waals surface area contributed by atoms with Crippen molar-refractivity contribution in [1.82, 2.24) is 10.3 Å². The molecule has 0 spiro atoms. The Morgan fingerprint density at radius 3 is 2.67 bits per heavy atom. The van der Waals surface area contributed by atoms with Crippen LogP contribution in [0.15, 0.2) is 6.20 Å². The van der Waals surface area contributed by atoms with Gasteiger partial charge in [-0.05, 0) is 27.8 Å². The molecule has 0 fully saturated rings. The van der Waals surface area contributed by atoms with Crippen LogP contribution in [0.25, 0.3) is 0 Å². The van der Waals surface area contributed by atoms with Gasteiger partial charge in [0.2, 0.25) is 0 Å². The summed E-state index contributed by atoms with van der Waals surface area (Å²) in [7, 11) is 3.65. The van der Waals surface area contributed by atoms with E-state index in [2.05, 4.69) is 17.2 Å². The standard InChI is InChI=1S/C14H24N2O2/c1-6-18-9-12(15-4)7-13-11(3)14(17-5)10(2)8-16-13/h8,12,15H,6-7,9H2,1-5H3. The Bertz CT molecular complexity index is 380. The molecule has 18 heavy (non-hydrogen) atoms. The number of methoxy groups -OCH3 is 1. The molecule has 0 saturated carbocycles. The number of hydrogen-bond acceptors (Lipinski definition) is 4. The number of nitrogens with zero attached hydrogens (tertiary/aromatic N) is 1. The van der Waals surface area contributed by atoms with Gasteiger partial charge in [0.1, 0.15) is 5.75 Å². The molecule has 4 nitrogen and oxygen atoms in total. The van der Waals surface area contributed by atoms with Crippen LogP contribution in [0.3, 0.4) is 0 Å². The number of rotatable bonds is 7. The highest BCUT2D eigenvalue weighted by molar-refractivity contribution is 5.41. The quantitative estimate of drug-likeness (QED) is 0.804. The topological polar surface area (TPSA) is 43.4 Å². The SMILES string of the molecule is CCOCC(Cc1ncc(C)c(OC)c1C)NC. The van der Waals surface area contributed by atoms with Crippen molar-refractivity contribution in [1.29, 1.82) is 0 Å². The Morgan fingerprint density at radius 2 is 2.11 bits per heavy atom. The minimum atomic E-state index is 0.281. The minimum Gasteiger partial charge on any atom is -0.496 e. The first-order valence-corrected chi connectivity index (χ1v) is 6.38. The number of ether oxygens (including phenoxy) is 2. The van der Waals surface area contributed by atoms with Crippen LogP contribution in [-0.2, 0) is 11.2 Å². The predicted octanol–water partition coefficient (Wildman–Crippen LogP) is 1.87. The van der Waals surface area contributed by atoms with Crippen LogP contribution in [0.5, 0.6) is 5.75 Å². The summed E-state index contributed by atoms with van der Waals surface area (Å²) in [4.78, 5) is 4.51. The Kier molecular flexibility index (Phi) is 6.09. The van der Waals surface area contributed by atoms with Crippen molar-refractivity contribution in [3.05, 3.63) is 23.0 Å². The number of aromatic nitrogens is 1. The summed E-state index contributed by atoms with van der Waals surface area (Å²) in [5.74, 6) is 0.936. The Balaban J connectivity index is 2.83. The summed E-state index contributed by atoms with van der Waals surface area (Å²) in [6, 6.07) is 0.281. The van der Waals surface area contributed by atoms with Crippen LogP contribution in [0.4, 0.5) is 0 Å². The second kappa shape index (κ2) is 7.34. The minimum absolute atomic E-state index is 0.281. The number of aryl methyl sites for hydroxylation is 1. The largest absolute Gasteiger partial charge is 0.496 e. The second-order valence-electron chi connectivity index (χ2n) is 4.40. The van der Waals surface area contributed by atoms with Crippen LogP contribution in [0, 0.1) is 13.8 Å². The van der Waals surface area contributed by atoms with Gasteiger partial charge in [-0.2, -0.15) is 0 Å². The first-order chi connectivity index (χ1) is 8.63. The number of pyridine rings is 1. The van der Waals surface area contributed by atoms with E-state index in [0.29, 0.717) is 6.61 Å². The van der Waals surface area contributed by atoms with Crippen molar-refractivity contribution in [3.63, 3.8) is 0 Å². The van der Waals surface area contributed by atoms with E-state index in [9.17, 15) is 0 Å². The van der Waals surface area contributed by atoms with Crippen LogP contribution >= 0.6 is 0 Å². The lowest BCUT2D eigenvalue weighted by atomic mass is 10.0. The molecule has 1 atom stereocenters. The summed E-state index contributed by atoms with van der Waals surface area (Å²) in [6.07, 6.45) is 2.72. The Hall–Kier alpha value is -1.13. The highest BCUT2D eigenvalue weighted by Crippen LogP contribution is 2.24. The third kappa shape index (κ3) is 3.68. The van der Waals surface area contributed by atoms with E-state index >= 15 is 0 Å². The zero-order valence-corrected chi connectivity index (χ0v) is 12.0. The number of hydrogen-bond donors (Lipinski definition) is 1. The van der Waals surface area contributed by atoms with Gasteiger partial charge in [0.15, 0.2) is 0 Å². The molecular formula is C14H24N2O2. The molecule has 0 aliphatic carbocycles. The van der Waals surface area contributed by atoms with Crippen LogP contribution in [0.2, 0.25) is 0 Å². The zero-order chi connectivity index (χ0) is 13.5. The van der Waals surface area contributed by atoms with Gasteiger partial charge in [0.25, 0.3) is 0 Å². The Labute approximate surface area is 110 Å². The molecule has 0 amide bonds. The highest BCUT2D eigenvalue weighted by Gasteiger charge is 2.14. The van der Waals surface area contributed by atoms with E-state index in [1.54, 1.807) is 7.11 Å². The zero-order valence-electron chi connectivity index (χ0n) is 12.0. The van der Waals surface area contributed by atoms with Crippen molar-refractivity contribution in [2.75, 3.05) is 27.4 Å². The number of likely N-dealkylation sites (N-methyl/N-ethyl adjacent to an activating group) is 1. The molecule has 1 rings (SSSR count). The van der Waals surface area contributed by atoms with Gasteiger partial charge in [-0.25, -0.2) is 0 Å². The van der Waals surface area contributed by atoms with E-state index in [-0.39, 0.29) is 6.04 Å². The van der Waals surface area contributed by atoms with Gasteiger partial charge < -0.3 is 14.8 Å². The van der Waals surface area contributed by atoms with Gasteiger partial charge in [-0.1, -0.05) is 0 Å². The molecule has 0 saturated heterocycles. The lowest BCUT2D eigenvalue weighted by Gasteiger charge is -2.18. The number of nitrogens with one attached hydrogen (secondary N) is 1. The molecule has 0 aliphatic heterocycles. The van der Waals surface area contributed by atoms with Crippen molar-refractivity contribution in [2.24, 2.45) is 0 Å². The lowest BCUT2D eigenvalue weighted by Crippen LogP contribution is -2.33. The van der Waals surface area contributed by atoms with E-state index in [0.717, 1.165) is 35.6 Å². The van der Waals surface area contributed by atoms with Gasteiger partial charge in [0, 0.05) is 42.1 Å². The smallest absolute Gasteiger partial charge is 0.128 e. The maximum absolute atomic E-state index is 5.46. The molecule has 1 unspecified atom stereocenters. The maximum Gasteiger partial charge on any atom is 0.128 e. The van der Waals surface area contributed by atoms with Crippen molar-refractivity contribution in [3.8, 4) is 5.75 Å². The van der Waals surface area contributed by atoms with E-state index < -0.39 is 0 Å². The van der Waals surface area contributed by atoms with Crippen LogP contribution in [0.1, 0.15) is 23.7 Å². The fourth-order valence-corrected chi connectivity index (χ4v) is 2.01. The third-order valence-corrected chi connectivity index (χ3v) is 3.12. The van der Waals surface area contributed by atoms with Crippen molar-refractivity contribution < 1.29 is 9.47 Å². The summed E-state index contributed by atoms with van der Waals surface area (Å²) < 4.78 is 10.9. The summed E-state index contributed by atoms with van der Waals surface area (Å²) in [5.41, 5.74) is 3.26. The molecular weight excluding hydrogens is 228 g/mol. The molecule has 4 heteroatoms. The average molecular weight is 252 g/mol. The van der Waals surface area contributed by atoms with Gasteiger partial charge >= 0.3 is 0 Å².